The zero-order valence-corrected chi connectivity index (χ0v) is 13.9. The second-order valence-electron chi connectivity index (χ2n) is 5.37. The Kier molecular flexibility index (Phi) is 8.24. The number of halogens is 1. The summed E-state index contributed by atoms with van der Waals surface area (Å²) in [6, 6.07) is 7.47. The molecule has 1 saturated heterocycles. The fraction of sp³-hybridized carbons (Fsp3) is 0.562. The first-order chi connectivity index (χ1) is 10.2. The van der Waals surface area contributed by atoms with Crippen molar-refractivity contribution in [3.63, 3.8) is 0 Å². The third kappa shape index (κ3) is 5.83. The second kappa shape index (κ2) is 9.66. The van der Waals surface area contributed by atoms with Gasteiger partial charge in [-0.15, -0.1) is 12.4 Å². The molecule has 0 saturated carbocycles. The van der Waals surface area contributed by atoms with Crippen molar-refractivity contribution >= 4 is 18.3 Å². The third-order valence-corrected chi connectivity index (χ3v) is 3.64. The standard InChI is InChI=1S/C16H24N2O3.ClH/c1-12(17-2)10-18-16(19)13-5-7-14(8-6-13)21-11-15-4-3-9-20-15;/h5-8,12,15,17H,3-4,9-11H2,1-2H3,(H,18,19);1H. The van der Waals surface area contributed by atoms with Gasteiger partial charge in [-0.05, 0) is 51.1 Å². The maximum atomic E-state index is 11.9. The molecule has 22 heavy (non-hydrogen) atoms. The molecule has 2 rings (SSSR count). The normalized spacial score (nSPS) is 18.4. The van der Waals surface area contributed by atoms with Crippen LogP contribution >= 0.6 is 12.4 Å². The van der Waals surface area contributed by atoms with Crippen LogP contribution in [0.2, 0.25) is 0 Å². The molecule has 6 heteroatoms. The van der Waals surface area contributed by atoms with Crippen molar-refractivity contribution in [1.82, 2.24) is 10.6 Å². The predicted octanol–water partition coefficient (Wildman–Crippen LogP) is 2.00. The van der Waals surface area contributed by atoms with Gasteiger partial charge >= 0.3 is 0 Å². The van der Waals surface area contributed by atoms with Gasteiger partial charge in [-0.25, -0.2) is 0 Å². The Morgan fingerprint density at radius 1 is 1.41 bits per heavy atom. The van der Waals surface area contributed by atoms with Crippen LogP contribution < -0.4 is 15.4 Å². The number of benzene rings is 1. The largest absolute Gasteiger partial charge is 0.491 e. The molecule has 1 aliphatic heterocycles. The number of carbonyl (C=O) groups excluding carboxylic acids is 1. The van der Waals surface area contributed by atoms with Crippen LogP contribution in [0.1, 0.15) is 30.1 Å². The van der Waals surface area contributed by atoms with E-state index in [1.807, 2.05) is 26.1 Å². The molecule has 1 aromatic rings. The van der Waals surface area contributed by atoms with E-state index in [4.69, 9.17) is 9.47 Å². The molecule has 0 spiro atoms. The third-order valence-electron chi connectivity index (χ3n) is 3.64. The average Bonchev–Trinajstić information content (AvgIpc) is 3.04. The summed E-state index contributed by atoms with van der Waals surface area (Å²) in [4.78, 5) is 11.9. The van der Waals surface area contributed by atoms with Crippen LogP contribution in [-0.2, 0) is 4.74 Å². The van der Waals surface area contributed by atoms with E-state index in [-0.39, 0.29) is 30.5 Å². The van der Waals surface area contributed by atoms with Gasteiger partial charge in [-0.3, -0.25) is 4.79 Å². The smallest absolute Gasteiger partial charge is 0.251 e. The van der Waals surface area contributed by atoms with Crippen LogP contribution in [0.3, 0.4) is 0 Å². The molecule has 1 fully saturated rings. The van der Waals surface area contributed by atoms with Crippen molar-refractivity contribution in [1.29, 1.82) is 0 Å². The number of hydrogen-bond donors (Lipinski definition) is 2. The molecule has 0 aromatic heterocycles. The van der Waals surface area contributed by atoms with Crippen molar-refractivity contribution < 1.29 is 14.3 Å². The van der Waals surface area contributed by atoms with Gasteiger partial charge < -0.3 is 20.1 Å². The van der Waals surface area contributed by atoms with Gasteiger partial charge in [-0.1, -0.05) is 0 Å². The molecule has 5 nitrogen and oxygen atoms in total. The summed E-state index contributed by atoms with van der Waals surface area (Å²) in [5, 5.41) is 5.96. The van der Waals surface area contributed by atoms with Gasteiger partial charge in [-0.2, -0.15) is 0 Å². The van der Waals surface area contributed by atoms with Crippen LogP contribution in [-0.4, -0.2) is 44.9 Å². The van der Waals surface area contributed by atoms with Crippen LogP contribution in [0.5, 0.6) is 5.75 Å². The predicted molar refractivity (Wildman–Crippen MR) is 89.0 cm³/mol. The van der Waals surface area contributed by atoms with Crippen LogP contribution in [0.15, 0.2) is 24.3 Å². The number of nitrogens with one attached hydrogen (secondary N) is 2. The van der Waals surface area contributed by atoms with Crippen molar-refractivity contribution in [2.75, 3.05) is 26.8 Å². The quantitative estimate of drug-likeness (QED) is 0.804. The molecule has 124 valence electrons. The van der Waals surface area contributed by atoms with Gasteiger partial charge in [0, 0.05) is 24.8 Å². The lowest BCUT2D eigenvalue weighted by molar-refractivity contribution is 0.0679. The van der Waals surface area contributed by atoms with Gasteiger partial charge in [0.25, 0.3) is 5.91 Å². The highest BCUT2D eigenvalue weighted by Gasteiger charge is 2.16. The highest BCUT2D eigenvalue weighted by Crippen LogP contribution is 2.16. The topological polar surface area (TPSA) is 59.6 Å². The molecule has 1 amide bonds. The molecule has 1 aromatic carbocycles. The van der Waals surface area contributed by atoms with E-state index in [1.165, 1.54) is 0 Å². The molecule has 0 aliphatic carbocycles. The van der Waals surface area contributed by atoms with E-state index < -0.39 is 0 Å². The maximum Gasteiger partial charge on any atom is 0.251 e. The highest BCUT2D eigenvalue weighted by atomic mass is 35.5. The summed E-state index contributed by atoms with van der Waals surface area (Å²) in [6.45, 7) is 4.03. The minimum Gasteiger partial charge on any atom is -0.491 e. The summed E-state index contributed by atoms with van der Waals surface area (Å²) < 4.78 is 11.2. The van der Waals surface area contributed by atoms with E-state index in [9.17, 15) is 4.79 Å². The Bertz CT molecular complexity index is 447. The average molecular weight is 329 g/mol. The van der Waals surface area contributed by atoms with E-state index in [0.29, 0.717) is 18.7 Å². The molecule has 2 atom stereocenters. The monoisotopic (exact) mass is 328 g/mol. The van der Waals surface area contributed by atoms with Gasteiger partial charge in [0.15, 0.2) is 0 Å². The van der Waals surface area contributed by atoms with Crippen molar-refractivity contribution in [3.8, 4) is 5.75 Å². The minimum absolute atomic E-state index is 0. The Balaban J connectivity index is 0.00000242. The zero-order chi connectivity index (χ0) is 15.1. The molecule has 0 radical (unpaired) electrons. The van der Waals surface area contributed by atoms with Crippen LogP contribution in [0, 0.1) is 0 Å². The first-order valence-corrected chi connectivity index (χ1v) is 7.49. The number of amides is 1. The van der Waals surface area contributed by atoms with Crippen LogP contribution in [0.25, 0.3) is 0 Å². The number of carbonyl (C=O) groups is 1. The van der Waals surface area contributed by atoms with Crippen LogP contribution in [0.4, 0.5) is 0 Å². The summed E-state index contributed by atoms with van der Waals surface area (Å²) in [7, 11) is 1.87. The highest BCUT2D eigenvalue weighted by molar-refractivity contribution is 5.94. The first-order valence-electron chi connectivity index (χ1n) is 7.49. The number of ether oxygens (including phenoxy) is 2. The molecule has 0 bridgehead atoms. The van der Waals surface area contributed by atoms with E-state index in [0.717, 1.165) is 25.2 Å². The maximum absolute atomic E-state index is 11.9. The second-order valence-corrected chi connectivity index (χ2v) is 5.37. The Hall–Kier alpha value is -1.30. The SMILES string of the molecule is CNC(C)CNC(=O)c1ccc(OCC2CCCO2)cc1.Cl. The fourth-order valence-electron chi connectivity index (χ4n) is 2.12. The number of likely N-dealkylation sites (N-methyl/N-ethyl adjacent to an activating group) is 1. The Morgan fingerprint density at radius 2 is 2.14 bits per heavy atom. The summed E-state index contributed by atoms with van der Waals surface area (Å²) in [5.74, 6) is 0.702. The lowest BCUT2D eigenvalue weighted by Crippen LogP contribution is -2.37. The number of rotatable bonds is 7. The summed E-state index contributed by atoms with van der Waals surface area (Å²) in [5.41, 5.74) is 0.641. The van der Waals surface area contributed by atoms with Gasteiger partial charge in [0.05, 0.1) is 6.10 Å². The summed E-state index contributed by atoms with van der Waals surface area (Å²) in [6.07, 6.45) is 2.37. The molecule has 1 heterocycles. The molecular formula is C16H25ClN2O3. The van der Waals surface area contributed by atoms with Crippen molar-refractivity contribution in [3.05, 3.63) is 29.8 Å². The number of hydrogen-bond acceptors (Lipinski definition) is 4. The molecule has 1 aliphatic rings. The molecule has 2 N–H and O–H groups in total. The lowest BCUT2D eigenvalue weighted by Gasteiger charge is -2.13. The first kappa shape index (κ1) is 18.7. The van der Waals surface area contributed by atoms with E-state index >= 15 is 0 Å². The van der Waals surface area contributed by atoms with Crippen molar-refractivity contribution in [2.45, 2.75) is 31.9 Å². The van der Waals surface area contributed by atoms with E-state index in [1.54, 1.807) is 12.1 Å². The van der Waals surface area contributed by atoms with Gasteiger partial charge in [0.2, 0.25) is 0 Å². The van der Waals surface area contributed by atoms with Gasteiger partial charge in [0.1, 0.15) is 12.4 Å². The summed E-state index contributed by atoms with van der Waals surface area (Å²) >= 11 is 0. The fourth-order valence-corrected chi connectivity index (χ4v) is 2.12. The van der Waals surface area contributed by atoms with Crippen molar-refractivity contribution in [2.24, 2.45) is 0 Å². The lowest BCUT2D eigenvalue weighted by atomic mass is 10.2. The molecule has 2 unspecified atom stereocenters. The Morgan fingerprint density at radius 3 is 2.73 bits per heavy atom. The Labute approximate surface area is 138 Å². The zero-order valence-electron chi connectivity index (χ0n) is 13.1. The van der Waals surface area contributed by atoms with E-state index in [2.05, 4.69) is 10.6 Å². The minimum atomic E-state index is -0.0669. The molecular weight excluding hydrogens is 304 g/mol.